The monoisotopic (exact) mass is 298 g/mol. The first-order valence-electron chi connectivity index (χ1n) is 9.38. The third kappa shape index (κ3) is 1.80. The van der Waals surface area contributed by atoms with E-state index >= 15 is 0 Å². The molecule has 0 spiro atoms. The van der Waals surface area contributed by atoms with E-state index in [1.165, 1.54) is 44.1 Å². The minimum atomic E-state index is 0.330. The molecule has 0 N–H and O–H groups in total. The second kappa shape index (κ2) is 4.82. The van der Waals surface area contributed by atoms with Crippen LogP contribution in [-0.4, -0.2) is 5.78 Å². The van der Waals surface area contributed by atoms with E-state index in [1.807, 2.05) is 6.08 Å². The second-order valence-corrected chi connectivity index (χ2v) is 8.78. The Bertz CT molecular complexity index is 568. The molecule has 0 aromatic rings. The molecule has 0 heterocycles. The lowest BCUT2D eigenvalue weighted by molar-refractivity contribution is -0.117. The van der Waals surface area contributed by atoms with Crippen LogP contribution in [0.5, 0.6) is 0 Å². The van der Waals surface area contributed by atoms with Crippen LogP contribution in [0.4, 0.5) is 0 Å². The lowest BCUT2D eigenvalue weighted by Gasteiger charge is -2.57. The van der Waals surface area contributed by atoms with Crippen molar-refractivity contribution >= 4 is 5.78 Å². The number of rotatable bonds is 0. The fraction of sp³-hybridized carbons (Fsp3) is 0.762. The Labute approximate surface area is 135 Å². The minimum absolute atomic E-state index is 0.330. The number of allylic oxidation sites excluding steroid dienone is 3. The molecule has 22 heavy (non-hydrogen) atoms. The van der Waals surface area contributed by atoms with Gasteiger partial charge in [-0.1, -0.05) is 31.1 Å². The molecule has 0 radical (unpaired) electrons. The molecule has 3 saturated carbocycles. The van der Waals surface area contributed by atoms with Gasteiger partial charge in [-0.25, -0.2) is 0 Å². The van der Waals surface area contributed by atoms with Crippen LogP contribution in [-0.2, 0) is 4.79 Å². The van der Waals surface area contributed by atoms with Crippen LogP contribution in [0.3, 0.4) is 0 Å². The van der Waals surface area contributed by atoms with Crippen LogP contribution in [0.1, 0.15) is 72.1 Å². The Morgan fingerprint density at radius 2 is 1.77 bits per heavy atom. The summed E-state index contributed by atoms with van der Waals surface area (Å²) in [4.78, 5) is 11.9. The van der Waals surface area contributed by atoms with Gasteiger partial charge in [0.2, 0.25) is 0 Å². The third-order valence-corrected chi connectivity index (χ3v) is 8.16. The molecular formula is C21H30O. The summed E-state index contributed by atoms with van der Waals surface area (Å²) in [5.41, 5.74) is 4.05. The fourth-order valence-corrected chi connectivity index (χ4v) is 6.88. The van der Waals surface area contributed by atoms with Crippen LogP contribution >= 0.6 is 0 Å². The van der Waals surface area contributed by atoms with Crippen LogP contribution in [0.25, 0.3) is 0 Å². The van der Waals surface area contributed by atoms with E-state index in [4.69, 9.17) is 0 Å². The van der Waals surface area contributed by atoms with Gasteiger partial charge in [0.15, 0.2) is 5.78 Å². The van der Waals surface area contributed by atoms with E-state index in [1.54, 1.807) is 5.57 Å². The molecule has 5 atom stereocenters. The standard InChI is InChI=1S/C21H30O/c1-4-14-6-8-18-17-7-5-15-13-16(22)9-11-21(15,3)19(17)10-12-20(14,18)2/h4,13,17-19H,5-12H2,1-3H3/b14-4-/t17-,18-,19-,20+,21-/m0/s1. The molecule has 0 aromatic heterocycles. The highest BCUT2D eigenvalue weighted by Crippen LogP contribution is 2.66. The van der Waals surface area contributed by atoms with Crippen molar-refractivity contribution in [2.45, 2.75) is 72.1 Å². The van der Waals surface area contributed by atoms with E-state index in [0.717, 1.165) is 30.6 Å². The van der Waals surface area contributed by atoms with Crippen molar-refractivity contribution in [3.8, 4) is 0 Å². The molecule has 4 rings (SSSR count). The molecule has 3 fully saturated rings. The maximum absolute atomic E-state index is 11.9. The summed E-state index contributed by atoms with van der Waals surface area (Å²) in [5, 5.41) is 0. The number of hydrogen-bond acceptors (Lipinski definition) is 1. The van der Waals surface area contributed by atoms with Crippen molar-refractivity contribution < 1.29 is 4.79 Å². The van der Waals surface area contributed by atoms with Crippen LogP contribution in [0.2, 0.25) is 0 Å². The van der Waals surface area contributed by atoms with Crippen LogP contribution < -0.4 is 0 Å². The lowest BCUT2D eigenvalue weighted by atomic mass is 9.47. The topological polar surface area (TPSA) is 17.1 Å². The van der Waals surface area contributed by atoms with Crippen molar-refractivity contribution in [1.82, 2.24) is 0 Å². The number of carbonyl (C=O) groups is 1. The third-order valence-electron chi connectivity index (χ3n) is 8.16. The predicted octanol–water partition coefficient (Wildman–Crippen LogP) is 5.46. The second-order valence-electron chi connectivity index (χ2n) is 8.78. The van der Waals surface area contributed by atoms with Crippen LogP contribution in [0.15, 0.2) is 23.3 Å². The molecule has 0 saturated heterocycles. The Morgan fingerprint density at radius 1 is 1.00 bits per heavy atom. The summed E-state index contributed by atoms with van der Waals surface area (Å²) in [7, 11) is 0. The molecule has 4 aliphatic carbocycles. The van der Waals surface area contributed by atoms with Gasteiger partial charge in [-0.05, 0) is 86.5 Å². The van der Waals surface area contributed by atoms with Gasteiger partial charge in [0.1, 0.15) is 0 Å². The van der Waals surface area contributed by atoms with Crippen molar-refractivity contribution in [2.24, 2.45) is 28.6 Å². The van der Waals surface area contributed by atoms with Gasteiger partial charge >= 0.3 is 0 Å². The molecule has 0 unspecified atom stereocenters. The van der Waals surface area contributed by atoms with Gasteiger partial charge in [0.05, 0.1) is 0 Å². The van der Waals surface area contributed by atoms with E-state index in [2.05, 4.69) is 26.8 Å². The summed E-state index contributed by atoms with van der Waals surface area (Å²) in [6.07, 6.45) is 14.3. The number of ketones is 1. The average Bonchev–Trinajstić information content (AvgIpc) is 2.84. The van der Waals surface area contributed by atoms with E-state index in [9.17, 15) is 4.79 Å². The first kappa shape index (κ1) is 14.7. The van der Waals surface area contributed by atoms with Gasteiger partial charge < -0.3 is 0 Å². The highest BCUT2D eigenvalue weighted by molar-refractivity contribution is 5.91. The summed E-state index contributed by atoms with van der Waals surface area (Å²) in [6.45, 7) is 7.27. The number of fused-ring (bicyclic) bond motifs is 5. The van der Waals surface area contributed by atoms with E-state index in [0.29, 0.717) is 16.6 Å². The highest BCUT2D eigenvalue weighted by atomic mass is 16.1. The predicted molar refractivity (Wildman–Crippen MR) is 90.5 cm³/mol. The minimum Gasteiger partial charge on any atom is -0.295 e. The first-order chi connectivity index (χ1) is 10.5. The van der Waals surface area contributed by atoms with E-state index in [-0.39, 0.29) is 0 Å². The summed E-state index contributed by atoms with van der Waals surface area (Å²) in [6, 6.07) is 0. The lowest BCUT2D eigenvalue weighted by Crippen LogP contribution is -2.49. The average molecular weight is 298 g/mol. The van der Waals surface area contributed by atoms with Gasteiger partial charge in [0, 0.05) is 6.42 Å². The molecule has 0 aliphatic heterocycles. The van der Waals surface area contributed by atoms with Crippen molar-refractivity contribution in [3.05, 3.63) is 23.3 Å². The highest BCUT2D eigenvalue weighted by Gasteiger charge is 2.57. The maximum Gasteiger partial charge on any atom is 0.155 e. The molecule has 4 aliphatic rings. The first-order valence-corrected chi connectivity index (χ1v) is 9.38. The largest absolute Gasteiger partial charge is 0.295 e. The molecular weight excluding hydrogens is 268 g/mol. The van der Waals surface area contributed by atoms with E-state index < -0.39 is 0 Å². The van der Waals surface area contributed by atoms with Gasteiger partial charge in [-0.15, -0.1) is 0 Å². The van der Waals surface area contributed by atoms with Gasteiger partial charge in [-0.2, -0.15) is 0 Å². The Balaban J connectivity index is 1.70. The zero-order chi connectivity index (χ0) is 15.5. The molecule has 0 amide bonds. The Kier molecular flexibility index (Phi) is 3.23. The van der Waals surface area contributed by atoms with Crippen molar-refractivity contribution in [2.75, 3.05) is 0 Å². The fourth-order valence-electron chi connectivity index (χ4n) is 6.88. The summed E-state index contributed by atoms with van der Waals surface area (Å²) in [5.74, 6) is 3.00. The quantitative estimate of drug-likeness (QED) is 0.542. The Hall–Kier alpha value is -0.850. The summed E-state index contributed by atoms with van der Waals surface area (Å²) < 4.78 is 0. The zero-order valence-electron chi connectivity index (χ0n) is 14.5. The summed E-state index contributed by atoms with van der Waals surface area (Å²) >= 11 is 0. The molecule has 0 bridgehead atoms. The maximum atomic E-state index is 11.9. The van der Waals surface area contributed by atoms with Crippen molar-refractivity contribution in [3.63, 3.8) is 0 Å². The smallest absolute Gasteiger partial charge is 0.155 e. The molecule has 1 heteroatoms. The molecule has 120 valence electrons. The number of hydrogen-bond donors (Lipinski definition) is 0. The normalized spacial score (nSPS) is 49.4. The van der Waals surface area contributed by atoms with Crippen molar-refractivity contribution in [1.29, 1.82) is 0 Å². The zero-order valence-corrected chi connectivity index (χ0v) is 14.5. The molecule has 1 nitrogen and oxygen atoms in total. The van der Waals surface area contributed by atoms with Gasteiger partial charge in [0.25, 0.3) is 0 Å². The number of carbonyl (C=O) groups excluding carboxylic acids is 1. The SMILES string of the molecule is C/C=C1/CC[C@H]2[C@@H]3CCC4=CC(=O)CC[C@]4(C)[C@H]3CC[C@]12C. The Morgan fingerprint density at radius 3 is 2.55 bits per heavy atom. The van der Waals surface area contributed by atoms with Gasteiger partial charge in [-0.3, -0.25) is 4.79 Å². The molecule has 0 aromatic carbocycles. The van der Waals surface area contributed by atoms with Crippen LogP contribution in [0, 0.1) is 28.6 Å².